The first-order chi connectivity index (χ1) is 5.50. The SMILES string of the molecule is CC(C)(C)[S+]([O-])N[C@H]1CCSC1. The van der Waals surface area contributed by atoms with Gasteiger partial charge in [0, 0.05) is 17.1 Å². The number of rotatable bonds is 2. The van der Waals surface area contributed by atoms with Crippen LogP contribution in [0, 0.1) is 0 Å². The Kier molecular flexibility index (Phi) is 3.76. The van der Waals surface area contributed by atoms with Crippen LogP contribution in [0.5, 0.6) is 0 Å². The van der Waals surface area contributed by atoms with E-state index in [4.69, 9.17) is 0 Å². The molecule has 1 N–H and O–H groups in total. The van der Waals surface area contributed by atoms with Gasteiger partial charge in [0.2, 0.25) is 0 Å². The molecule has 2 nitrogen and oxygen atoms in total. The van der Waals surface area contributed by atoms with E-state index in [1.165, 1.54) is 5.75 Å². The molecule has 0 bridgehead atoms. The molecule has 1 heterocycles. The number of hydrogen-bond donors (Lipinski definition) is 1. The maximum atomic E-state index is 11.6. The highest BCUT2D eigenvalue weighted by Gasteiger charge is 2.30. The lowest BCUT2D eigenvalue weighted by Gasteiger charge is -2.25. The summed E-state index contributed by atoms with van der Waals surface area (Å²) in [6, 6.07) is 0.468. The highest BCUT2D eigenvalue weighted by atomic mass is 32.2. The molecule has 0 radical (unpaired) electrons. The molecule has 1 aliphatic rings. The van der Waals surface area contributed by atoms with E-state index in [-0.39, 0.29) is 4.75 Å². The summed E-state index contributed by atoms with van der Waals surface area (Å²) in [4.78, 5) is 0. The first kappa shape index (κ1) is 10.7. The Morgan fingerprint density at radius 2 is 2.17 bits per heavy atom. The van der Waals surface area contributed by atoms with Crippen LogP contribution in [0.3, 0.4) is 0 Å². The molecule has 0 amide bonds. The molecule has 72 valence electrons. The Balaban J connectivity index is 2.30. The molecule has 12 heavy (non-hydrogen) atoms. The van der Waals surface area contributed by atoms with Crippen molar-refractivity contribution in [3.05, 3.63) is 0 Å². The van der Waals surface area contributed by atoms with E-state index in [1.807, 2.05) is 32.5 Å². The van der Waals surface area contributed by atoms with E-state index in [2.05, 4.69) is 4.72 Å². The molecule has 1 fully saturated rings. The second kappa shape index (κ2) is 4.22. The topological polar surface area (TPSA) is 35.1 Å². The molecule has 0 aliphatic carbocycles. The molecule has 0 aromatic carbocycles. The zero-order valence-electron chi connectivity index (χ0n) is 7.92. The molecule has 0 aromatic heterocycles. The van der Waals surface area contributed by atoms with Gasteiger partial charge >= 0.3 is 0 Å². The van der Waals surface area contributed by atoms with Gasteiger partial charge in [-0.25, -0.2) is 0 Å². The maximum Gasteiger partial charge on any atom is 0.136 e. The van der Waals surface area contributed by atoms with Crippen LogP contribution in [0.2, 0.25) is 0 Å². The molecule has 0 aromatic rings. The van der Waals surface area contributed by atoms with Crippen LogP contribution < -0.4 is 4.72 Å². The lowest BCUT2D eigenvalue weighted by Crippen LogP contribution is -2.44. The van der Waals surface area contributed by atoms with E-state index >= 15 is 0 Å². The van der Waals surface area contributed by atoms with Gasteiger partial charge in [0.15, 0.2) is 0 Å². The quantitative estimate of drug-likeness (QED) is 0.698. The van der Waals surface area contributed by atoms with Crippen molar-refractivity contribution in [2.75, 3.05) is 11.5 Å². The summed E-state index contributed by atoms with van der Waals surface area (Å²) >= 11 is 1.05. The third-order valence-corrected chi connectivity index (χ3v) is 4.58. The van der Waals surface area contributed by atoms with Crippen LogP contribution in [-0.2, 0) is 11.4 Å². The fraction of sp³-hybridized carbons (Fsp3) is 1.00. The van der Waals surface area contributed by atoms with Crippen LogP contribution in [0.1, 0.15) is 27.2 Å². The van der Waals surface area contributed by atoms with Crippen LogP contribution in [0.25, 0.3) is 0 Å². The fourth-order valence-electron chi connectivity index (χ4n) is 0.956. The van der Waals surface area contributed by atoms with Crippen LogP contribution in [-0.4, -0.2) is 26.8 Å². The van der Waals surface area contributed by atoms with Gasteiger partial charge in [-0.15, -0.1) is 4.72 Å². The standard InChI is InChI=1S/C8H17NOS2/c1-8(2,3)12(10)9-7-4-5-11-6-7/h7,9H,4-6H2,1-3H3/t7-,12?/m0/s1. The van der Waals surface area contributed by atoms with Gasteiger partial charge in [0.05, 0.1) is 6.04 Å². The first-order valence-corrected chi connectivity index (χ1v) is 6.56. The summed E-state index contributed by atoms with van der Waals surface area (Å²) in [7, 11) is 0. The Bertz CT molecular complexity index is 140. The molecular formula is C8H17NOS2. The third kappa shape index (κ3) is 3.17. The summed E-state index contributed by atoms with van der Waals surface area (Å²) in [5.41, 5.74) is 0. The third-order valence-electron chi connectivity index (χ3n) is 1.76. The van der Waals surface area contributed by atoms with E-state index < -0.39 is 11.4 Å². The Labute approximate surface area is 82.2 Å². The average Bonchev–Trinajstić information content (AvgIpc) is 2.37. The van der Waals surface area contributed by atoms with Crippen molar-refractivity contribution in [3.8, 4) is 0 Å². The van der Waals surface area contributed by atoms with Gasteiger partial charge in [0.1, 0.15) is 4.75 Å². The second-order valence-electron chi connectivity index (χ2n) is 4.06. The van der Waals surface area contributed by atoms with Crippen molar-refractivity contribution < 1.29 is 4.55 Å². The van der Waals surface area contributed by atoms with Crippen molar-refractivity contribution >= 4 is 23.1 Å². The minimum Gasteiger partial charge on any atom is -0.598 e. The Hall–Kier alpha value is 0.620. The largest absolute Gasteiger partial charge is 0.598 e. The number of hydrogen-bond acceptors (Lipinski definition) is 3. The maximum absolute atomic E-state index is 11.6. The van der Waals surface area contributed by atoms with Gasteiger partial charge in [-0.1, -0.05) is 0 Å². The molecule has 1 aliphatic heterocycles. The van der Waals surface area contributed by atoms with Gasteiger partial charge in [0.25, 0.3) is 0 Å². The zero-order chi connectivity index (χ0) is 9.19. The predicted octanol–water partition coefficient (Wildman–Crippen LogP) is 1.54. The first-order valence-electron chi connectivity index (χ1n) is 4.26. The molecule has 0 saturated carbocycles. The second-order valence-corrected chi connectivity index (χ2v) is 7.21. The smallest absolute Gasteiger partial charge is 0.136 e. The summed E-state index contributed by atoms with van der Waals surface area (Å²) < 4.78 is 14.6. The molecule has 4 heteroatoms. The molecule has 0 spiro atoms. The minimum absolute atomic E-state index is 0.132. The molecular weight excluding hydrogens is 190 g/mol. The average molecular weight is 207 g/mol. The minimum atomic E-state index is -0.890. The van der Waals surface area contributed by atoms with Crippen molar-refractivity contribution in [2.24, 2.45) is 0 Å². The molecule has 2 atom stereocenters. The molecule has 1 rings (SSSR count). The van der Waals surface area contributed by atoms with Crippen molar-refractivity contribution in [1.29, 1.82) is 0 Å². The predicted molar refractivity (Wildman–Crippen MR) is 56.8 cm³/mol. The summed E-state index contributed by atoms with van der Waals surface area (Å²) in [5, 5.41) is 0. The van der Waals surface area contributed by atoms with Crippen molar-refractivity contribution in [1.82, 2.24) is 4.72 Å². The summed E-state index contributed by atoms with van der Waals surface area (Å²) in [6.45, 7) is 5.99. The monoisotopic (exact) mass is 207 g/mol. The summed E-state index contributed by atoms with van der Waals surface area (Å²) in [6.07, 6.45) is 1.16. The Morgan fingerprint density at radius 1 is 1.50 bits per heavy atom. The normalized spacial score (nSPS) is 27.5. The van der Waals surface area contributed by atoms with Crippen LogP contribution in [0.4, 0.5) is 0 Å². The van der Waals surface area contributed by atoms with Crippen LogP contribution >= 0.6 is 11.8 Å². The highest BCUT2D eigenvalue weighted by Crippen LogP contribution is 2.21. The number of nitrogens with one attached hydrogen (secondary N) is 1. The fourth-order valence-corrected chi connectivity index (χ4v) is 3.07. The van der Waals surface area contributed by atoms with Gasteiger partial charge in [-0.2, -0.15) is 11.8 Å². The van der Waals surface area contributed by atoms with Gasteiger partial charge in [-0.3, -0.25) is 0 Å². The van der Waals surface area contributed by atoms with Gasteiger partial charge in [-0.05, 0) is 32.9 Å². The Morgan fingerprint density at radius 3 is 2.58 bits per heavy atom. The van der Waals surface area contributed by atoms with E-state index in [1.54, 1.807) is 0 Å². The highest BCUT2D eigenvalue weighted by molar-refractivity contribution is 7.99. The van der Waals surface area contributed by atoms with Crippen LogP contribution in [0.15, 0.2) is 0 Å². The molecule has 1 unspecified atom stereocenters. The number of thioether (sulfide) groups is 1. The van der Waals surface area contributed by atoms with Crippen molar-refractivity contribution in [3.63, 3.8) is 0 Å². The summed E-state index contributed by atoms with van der Waals surface area (Å²) in [5.74, 6) is 2.32. The van der Waals surface area contributed by atoms with E-state index in [0.717, 1.165) is 12.2 Å². The van der Waals surface area contributed by atoms with Crippen molar-refractivity contribution in [2.45, 2.75) is 38.0 Å². The zero-order valence-corrected chi connectivity index (χ0v) is 9.56. The lowest BCUT2D eigenvalue weighted by molar-refractivity contribution is 0.528. The molecule has 1 saturated heterocycles. The van der Waals surface area contributed by atoms with E-state index in [9.17, 15) is 4.55 Å². The van der Waals surface area contributed by atoms with Gasteiger partial charge < -0.3 is 4.55 Å². The van der Waals surface area contributed by atoms with E-state index in [0.29, 0.717) is 6.04 Å². The lowest BCUT2D eigenvalue weighted by atomic mass is 10.3.